The molecule has 3 atom stereocenters. The van der Waals surface area contributed by atoms with Crippen molar-refractivity contribution in [1.82, 2.24) is 20.4 Å². The Balaban J connectivity index is 1.95. The van der Waals surface area contributed by atoms with Crippen LogP contribution in [0, 0.1) is 11.6 Å². The predicted molar refractivity (Wildman–Crippen MR) is 180 cm³/mol. The smallest absolute Gasteiger partial charge is 0.246 e. The molecule has 0 aliphatic rings. The number of hydrogen-bond acceptors (Lipinski definition) is 5. The zero-order valence-electron chi connectivity index (χ0n) is 28.0. The van der Waals surface area contributed by atoms with Gasteiger partial charge >= 0.3 is 0 Å². The molecule has 0 aromatic heterocycles. The summed E-state index contributed by atoms with van der Waals surface area (Å²) in [6.07, 6.45) is 2.95. The average molecular weight is 649 g/mol. The second-order valence-electron chi connectivity index (χ2n) is 12.5. The van der Waals surface area contributed by atoms with E-state index in [4.69, 9.17) is 0 Å². The Hall–Kier alpha value is -4.41. The molecule has 0 fully saturated rings. The zero-order chi connectivity index (χ0) is 34.7. The number of carbonyl (C=O) groups excluding carboxylic acids is 3. The summed E-state index contributed by atoms with van der Waals surface area (Å²) in [6.45, 7) is 5.44. The molecule has 0 spiro atoms. The van der Waals surface area contributed by atoms with Gasteiger partial charge in [-0.15, -0.1) is 0 Å². The molecule has 0 heterocycles. The minimum Gasteiger partial charge on any atom is -0.392 e. The first-order chi connectivity index (χ1) is 22.2. The number of aliphatic hydroxyl groups excluding tert-OH is 1. The number of amides is 3. The van der Waals surface area contributed by atoms with E-state index in [2.05, 4.69) is 10.6 Å². The highest BCUT2D eigenvalue weighted by Gasteiger charge is 2.35. The summed E-state index contributed by atoms with van der Waals surface area (Å²) < 4.78 is 27.8. The monoisotopic (exact) mass is 648 g/mol. The van der Waals surface area contributed by atoms with Crippen molar-refractivity contribution in [2.24, 2.45) is 0 Å². The van der Waals surface area contributed by atoms with Gasteiger partial charge in [0, 0.05) is 39.0 Å². The standard InChI is InChI=1S/C37H46F2N4O4/c1-25(44)24-41-35(46)32(23-27-16-19-30(38)31(39)21-27)43(6)36(47)33(42(5)34(45)13-10-20-37(2,3)40-4)22-26-14-17-29(18-15-26)28-11-8-7-9-12-28/h7-19,21,25,32-33,40,44H,20,22-24H2,1-6H3,(H,41,46)/b13-10+. The van der Waals surface area contributed by atoms with Crippen molar-refractivity contribution in [2.75, 3.05) is 27.7 Å². The summed E-state index contributed by atoms with van der Waals surface area (Å²) in [7, 11) is 4.83. The molecule has 3 unspecified atom stereocenters. The quantitative estimate of drug-likeness (QED) is 0.211. The van der Waals surface area contributed by atoms with Gasteiger partial charge in [-0.05, 0) is 74.7 Å². The number of carbonyl (C=O) groups is 3. The number of nitrogens with one attached hydrogen (secondary N) is 2. The Labute approximate surface area is 276 Å². The van der Waals surface area contributed by atoms with Gasteiger partial charge in [0.2, 0.25) is 17.7 Å². The maximum Gasteiger partial charge on any atom is 0.246 e. The molecule has 0 radical (unpaired) electrons. The van der Waals surface area contributed by atoms with Gasteiger partial charge in [0.05, 0.1) is 6.10 Å². The van der Waals surface area contributed by atoms with Crippen molar-refractivity contribution >= 4 is 17.7 Å². The number of aliphatic hydroxyl groups is 1. The molecule has 252 valence electrons. The third-order valence-electron chi connectivity index (χ3n) is 8.26. The molecule has 3 aromatic rings. The minimum atomic E-state index is -1.15. The van der Waals surface area contributed by atoms with Gasteiger partial charge in [-0.3, -0.25) is 14.4 Å². The van der Waals surface area contributed by atoms with E-state index < -0.39 is 41.6 Å². The second-order valence-corrected chi connectivity index (χ2v) is 12.5. The van der Waals surface area contributed by atoms with Crippen LogP contribution in [0.4, 0.5) is 8.78 Å². The van der Waals surface area contributed by atoms with E-state index in [-0.39, 0.29) is 30.8 Å². The van der Waals surface area contributed by atoms with E-state index in [9.17, 15) is 28.3 Å². The summed E-state index contributed by atoms with van der Waals surface area (Å²) in [5, 5.41) is 15.6. The van der Waals surface area contributed by atoms with Gasteiger partial charge in [0.25, 0.3) is 0 Å². The van der Waals surface area contributed by atoms with Crippen molar-refractivity contribution in [2.45, 2.75) is 63.8 Å². The Bertz CT molecular complexity index is 1530. The Morgan fingerprint density at radius 2 is 1.45 bits per heavy atom. The molecule has 3 aromatic carbocycles. The first-order valence-corrected chi connectivity index (χ1v) is 15.7. The number of halogens is 2. The Morgan fingerprint density at radius 1 is 0.851 bits per heavy atom. The maximum absolute atomic E-state index is 14.3. The van der Waals surface area contributed by atoms with Crippen LogP contribution in [0.15, 0.2) is 84.9 Å². The molecule has 3 N–H and O–H groups in total. The fourth-order valence-corrected chi connectivity index (χ4v) is 4.95. The van der Waals surface area contributed by atoms with Crippen LogP contribution in [0.5, 0.6) is 0 Å². The molecule has 0 saturated carbocycles. The number of hydrogen-bond donors (Lipinski definition) is 3. The van der Waals surface area contributed by atoms with Crippen molar-refractivity contribution in [3.05, 3.63) is 108 Å². The van der Waals surface area contributed by atoms with E-state index in [0.29, 0.717) is 12.0 Å². The summed E-state index contributed by atoms with van der Waals surface area (Å²) in [6, 6.07) is 18.7. The summed E-state index contributed by atoms with van der Waals surface area (Å²) in [5.74, 6) is -3.59. The number of rotatable bonds is 15. The lowest BCUT2D eigenvalue weighted by atomic mass is 9.98. The third kappa shape index (κ3) is 10.8. The molecule has 3 amide bonds. The Morgan fingerprint density at radius 3 is 2.04 bits per heavy atom. The number of likely N-dealkylation sites (N-methyl/N-ethyl adjacent to an activating group) is 2. The summed E-state index contributed by atoms with van der Waals surface area (Å²) in [4.78, 5) is 43.7. The lowest BCUT2D eigenvalue weighted by molar-refractivity contribution is -0.146. The molecule has 10 heteroatoms. The van der Waals surface area contributed by atoms with Crippen molar-refractivity contribution in [3.63, 3.8) is 0 Å². The molecule has 8 nitrogen and oxygen atoms in total. The van der Waals surface area contributed by atoms with E-state index in [0.717, 1.165) is 28.8 Å². The van der Waals surface area contributed by atoms with Crippen LogP contribution >= 0.6 is 0 Å². The van der Waals surface area contributed by atoms with Crippen LogP contribution in [0.25, 0.3) is 11.1 Å². The molecule has 3 rings (SSSR count). The highest BCUT2D eigenvalue weighted by Crippen LogP contribution is 2.22. The first kappa shape index (κ1) is 37.1. The lowest BCUT2D eigenvalue weighted by Crippen LogP contribution is -2.56. The van der Waals surface area contributed by atoms with Crippen LogP contribution in [-0.2, 0) is 27.2 Å². The molecule has 47 heavy (non-hydrogen) atoms. The zero-order valence-corrected chi connectivity index (χ0v) is 28.0. The molecule has 0 aliphatic heterocycles. The van der Waals surface area contributed by atoms with Gasteiger partial charge in [-0.25, -0.2) is 8.78 Å². The van der Waals surface area contributed by atoms with Crippen molar-refractivity contribution in [1.29, 1.82) is 0 Å². The van der Waals surface area contributed by atoms with E-state index in [1.54, 1.807) is 13.1 Å². The van der Waals surface area contributed by atoms with Gasteiger partial charge in [-0.1, -0.05) is 66.7 Å². The molecule has 0 aliphatic carbocycles. The van der Waals surface area contributed by atoms with Crippen LogP contribution in [0.1, 0.15) is 38.3 Å². The summed E-state index contributed by atoms with van der Waals surface area (Å²) in [5.41, 5.74) is 2.89. The maximum atomic E-state index is 14.3. The van der Waals surface area contributed by atoms with Gasteiger partial charge in [0.1, 0.15) is 12.1 Å². The fraction of sp³-hybridized carbons (Fsp3) is 0.378. The first-order valence-electron chi connectivity index (χ1n) is 15.7. The minimum absolute atomic E-state index is 0.0709. The van der Waals surface area contributed by atoms with Crippen LogP contribution in [0.3, 0.4) is 0 Å². The largest absolute Gasteiger partial charge is 0.392 e. The SMILES string of the molecule is CNC(C)(C)C/C=C/C(=O)N(C)C(Cc1ccc(-c2ccccc2)cc1)C(=O)N(C)C(Cc1ccc(F)c(F)c1)C(=O)NCC(C)O. The van der Waals surface area contributed by atoms with Crippen molar-refractivity contribution < 1.29 is 28.3 Å². The molecule has 0 saturated heterocycles. The van der Waals surface area contributed by atoms with E-state index in [1.165, 1.54) is 35.9 Å². The normalized spacial score (nSPS) is 13.6. The van der Waals surface area contributed by atoms with Crippen LogP contribution < -0.4 is 10.6 Å². The van der Waals surface area contributed by atoms with Crippen LogP contribution in [-0.4, -0.2) is 84.0 Å². The van der Waals surface area contributed by atoms with Gasteiger partial charge < -0.3 is 25.5 Å². The Kier molecular flexibility index (Phi) is 13.4. The fourth-order valence-electron chi connectivity index (χ4n) is 4.95. The molecular weight excluding hydrogens is 602 g/mol. The third-order valence-corrected chi connectivity index (χ3v) is 8.26. The van der Waals surface area contributed by atoms with E-state index >= 15 is 0 Å². The highest BCUT2D eigenvalue weighted by molar-refractivity contribution is 5.95. The van der Waals surface area contributed by atoms with E-state index in [1.807, 2.05) is 75.5 Å². The second kappa shape index (κ2) is 16.9. The topological polar surface area (TPSA) is 102 Å². The van der Waals surface area contributed by atoms with Crippen LogP contribution in [0.2, 0.25) is 0 Å². The van der Waals surface area contributed by atoms with Gasteiger partial charge in [0.15, 0.2) is 11.6 Å². The number of benzene rings is 3. The summed E-state index contributed by atoms with van der Waals surface area (Å²) >= 11 is 0. The number of nitrogens with zero attached hydrogens (tertiary/aromatic N) is 2. The predicted octanol–water partition coefficient (Wildman–Crippen LogP) is 4.51. The molecular formula is C37H46F2N4O4. The van der Waals surface area contributed by atoms with Crippen molar-refractivity contribution in [3.8, 4) is 11.1 Å². The molecule has 0 bridgehead atoms. The lowest BCUT2D eigenvalue weighted by Gasteiger charge is -2.34. The van der Waals surface area contributed by atoms with Gasteiger partial charge in [-0.2, -0.15) is 0 Å². The highest BCUT2D eigenvalue weighted by atomic mass is 19.2. The average Bonchev–Trinajstić information content (AvgIpc) is 3.06.